The number of amides is 2. The van der Waals surface area contributed by atoms with Crippen molar-refractivity contribution in [2.24, 2.45) is 5.92 Å². The van der Waals surface area contributed by atoms with Crippen LogP contribution in [0.3, 0.4) is 0 Å². The fraction of sp³-hybridized carbons (Fsp3) is 0.571. The number of aryl methyl sites for hydroxylation is 1. The van der Waals surface area contributed by atoms with Gasteiger partial charge in [0.05, 0.1) is 24.1 Å². The van der Waals surface area contributed by atoms with Gasteiger partial charge in [0.1, 0.15) is 12.1 Å². The molecule has 1 N–H and O–H groups in total. The molecule has 1 aromatic rings. The molecule has 2 aliphatic rings. The van der Waals surface area contributed by atoms with Gasteiger partial charge in [-0.05, 0) is 32.6 Å². The molecule has 2 unspecified atom stereocenters. The summed E-state index contributed by atoms with van der Waals surface area (Å²) in [6, 6.07) is -0.808. The second-order valence-electron chi connectivity index (χ2n) is 5.61. The van der Waals surface area contributed by atoms with Gasteiger partial charge in [-0.1, -0.05) is 0 Å². The first kappa shape index (κ1) is 13.0. The average Bonchev–Trinajstić information content (AvgIpc) is 3.25. The molecule has 2 atom stereocenters. The first-order chi connectivity index (χ1) is 9.56. The summed E-state index contributed by atoms with van der Waals surface area (Å²) in [5.41, 5.74) is 1.54. The van der Waals surface area contributed by atoms with E-state index < -0.39 is 6.04 Å². The minimum atomic E-state index is -0.458. The Morgan fingerprint density at radius 3 is 2.65 bits per heavy atom. The molecule has 0 radical (unpaired) electrons. The fourth-order valence-electron chi connectivity index (χ4n) is 2.49. The van der Waals surface area contributed by atoms with Crippen LogP contribution in [0.25, 0.3) is 0 Å². The molecule has 106 valence electrons. The lowest BCUT2D eigenvalue weighted by molar-refractivity contribution is -0.150. The maximum absolute atomic E-state index is 12.5. The summed E-state index contributed by atoms with van der Waals surface area (Å²) in [6.45, 7) is 3.95. The normalized spacial score (nSPS) is 26.6. The number of hydrogen-bond acceptors (Lipinski definition) is 4. The summed E-state index contributed by atoms with van der Waals surface area (Å²) in [4.78, 5) is 34.5. The monoisotopic (exact) mass is 274 g/mol. The third kappa shape index (κ3) is 2.37. The van der Waals surface area contributed by atoms with E-state index in [2.05, 4.69) is 15.3 Å². The Labute approximate surface area is 117 Å². The van der Waals surface area contributed by atoms with Crippen molar-refractivity contribution in [3.63, 3.8) is 0 Å². The van der Waals surface area contributed by atoms with Crippen molar-refractivity contribution in [3.8, 4) is 0 Å². The highest BCUT2D eigenvalue weighted by Gasteiger charge is 2.45. The van der Waals surface area contributed by atoms with Crippen molar-refractivity contribution in [1.29, 1.82) is 0 Å². The van der Waals surface area contributed by atoms with E-state index in [4.69, 9.17) is 0 Å². The van der Waals surface area contributed by atoms with Crippen LogP contribution in [0.5, 0.6) is 0 Å². The number of carbonyl (C=O) groups excluding carboxylic acids is 2. The van der Waals surface area contributed by atoms with Crippen LogP contribution in [0.1, 0.15) is 31.2 Å². The summed E-state index contributed by atoms with van der Waals surface area (Å²) in [6.07, 6.45) is 5.37. The second kappa shape index (κ2) is 4.85. The third-order valence-corrected chi connectivity index (χ3v) is 3.95. The standard InChI is InChI=1S/C14H18N4O2/c1-8-5-16-11(6-15-8)7-18-9(2)13(19)17-12(14(18)20)10-3-4-10/h5-6,9-10,12H,3-4,7H2,1-2H3,(H,17,19). The molecule has 1 aliphatic heterocycles. The molecule has 0 spiro atoms. The van der Waals surface area contributed by atoms with E-state index in [-0.39, 0.29) is 17.9 Å². The van der Waals surface area contributed by atoms with Crippen molar-refractivity contribution in [2.45, 2.75) is 45.3 Å². The van der Waals surface area contributed by atoms with Crippen molar-refractivity contribution >= 4 is 11.8 Å². The molecular formula is C14H18N4O2. The lowest BCUT2D eigenvalue weighted by Crippen LogP contribution is -2.62. The Bertz CT molecular complexity index is 539. The van der Waals surface area contributed by atoms with E-state index in [1.807, 2.05) is 6.92 Å². The van der Waals surface area contributed by atoms with Crippen LogP contribution in [0.4, 0.5) is 0 Å². The van der Waals surface area contributed by atoms with Gasteiger partial charge in [0, 0.05) is 6.20 Å². The van der Waals surface area contributed by atoms with Gasteiger partial charge in [-0.25, -0.2) is 0 Å². The Kier molecular flexibility index (Phi) is 3.16. The van der Waals surface area contributed by atoms with Gasteiger partial charge in [-0.15, -0.1) is 0 Å². The smallest absolute Gasteiger partial charge is 0.246 e. The molecule has 2 amide bonds. The van der Waals surface area contributed by atoms with E-state index in [9.17, 15) is 9.59 Å². The van der Waals surface area contributed by atoms with E-state index in [1.165, 1.54) is 0 Å². The summed E-state index contributed by atoms with van der Waals surface area (Å²) >= 11 is 0. The third-order valence-electron chi connectivity index (χ3n) is 3.95. The summed E-state index contributed by atoms with van der Waals surface area (Å²) in [7, 11) is 0. The molecule has 0 bridgehead atoms. The molecule has 6 heteroatoms. The molecule has 1 aliphatic carbocycles. The second-order valence-corrected chi connectivity index (χ2v) is 5.61. The highest BCUT2D eigenvalue weighted by atomic mass is 16.2. The number of piperazine rings is 1. The van der Waals surface area contributed by atoms with Gasteiger partial charge in [-0.3, -0.25) is 19.6 Å². The molecule has 2 heterocycles. The number of aromatic nitrogens is 2. The number of nitrogens with one attached hydrogen (secondary N) is 1. The lowest BCUT2D eigenvalue weighted by atomic mass is 10.0. The van der Waals surface area contributed by atoms with Gasteiger partial charge in [0.2, 0.25) is 11.8 Å². The van der Waals surface area contributed by atoms with E-state index in [0.717, 1.165) is 18.5 Å². The van der Waals surface area contributed by atoms with Gasteiger partial charge >= 0.3 is 0 Å². The minimum Gasteiger partial charge on any atom is -0.342 e. The Morgan fingerprint density at radius 2 is 2.05 bits per heavy atom. The minimum absolute atomic E-state index is 0.00183. The topological polar surface area (TPSA) is 75.2 Å². The van der Waals surface area contributed by atoms with Crippen molar-refractivity contribution in [1.82, 2.24) is 20.2 Å². The average molecular weight is 274 g/mol. The van der Waals surface area contributed by atoms with E-state index in [1.54, 1.807) is 24.2 Å². The number of nitrogens with zero attached hydrogens (tertiary/aromatic N) is 3. The number of carbonyl (C=O) groups is 2. The molecule has 6 nitrogen and oxygen atoms in total. The van der Waals surface area contributed by atoms with Crippen LogP contribution in [0.2, 0.25) is 0 Å². The van der Waals surface area contributed by atoms with Crippen molar-refractivity contribution in [3.05, 3.63) is 23.8 Å². The SMILES string of the molecule is Cc1cnc(CN2C(=O)C(C3CC3)NC(=O)C2C)cn1. The molecule has 2 fully saturated rings. The summed E-state index contributed by atoms with van der Waals surface area (Å²) < 4.78 is 0. The maximum Gasteiger partial charge on any atom is 0.246 e. The van der Waals surface area contributed by atoms with E-state index in [0.29, 0.717) is 18.2 Å². The van der Waals surface area contributed by atoms with Crippen LogP contribution in [0.15, 0.2) is 12.4 Å². The molecule has 1 saturated carbocycles. The first-order valence-corrected chi connectivity index (χ1v) is 6.94. The number of rotatable bonds is 3. The Hall–Kier alpha value is -1.98. The predicted octanol–water partition coefficient (Wildman–Crippen LogP) is 0.411. The molecule has 0 aromatic carbocycles. The maximum atomic E-state index is 12.5. The fourth-order valence-corrected chi connectivity index (χ4v) is 2.49. The van der Waals surface area contributed by atoms with Gasteiger partial charge in [0.25, 0.3) is 0 Å². The van der Waals surface area contributed by atoms with Crippen molar-refractivity contribution in [2.75, 3.05) is 0 Å². The molecular weight excluding hydrogens is 256 g/mol. The van der Waals surface area contributed by atoms with Crippen LogP contribution in [-0.4, -0.2) is 38.8 Å². The van der Waals surface area contributed by atoms with Crippen molar-refractivity contribution < 1.29 is 9.59 Å². The lowest BCUT2D eigenvalue weighted by Gasteiger charge is -2.37. The molecule has 1 saturated heterocycles. The van der Waals surface area contributed by atoms with E-state index >= 15 is 0 Å². The highest BCUT2D eigenvalue weighted by molar-refractivity contribution is 5.97. The van der Waals surface area contributed by atoms with Crippen LogP contribution in [-0.2, 0) is 16.1 Å². The molecule has 20 heavy (non-hydrogen) atoms. The zero-order valence-corrected chi connectivity index (χ0v) is 11.7. The zero-order chi connectivity index (χ0) is 14.3. The highest BCUT2D eigenvalue weighted by Crippen LogP contribution is 2.35. The zero-order valence-electron chi connectivity index (χ0n) is 11.7. The Morgan fingerprint density at radius 1 is 1.30 bits per heavy atom. The van der Waals surface area contributed by atoms with Crippen LogP contribution < -0.4 is 5.32 Å². The number of hydrogen-bond donors (Lipinski definition) is 1. The largest absolute Gasteiger partial charge is 0.342 e. The van der Waals surface area contributed by atoms with Gasteiger partial charge in [-0.2, -0.15) is 0 Å². The van der Waals surface area contributed by atoms with Gasteiger partial charge in [0.15, 0.2) is 0 Å². The molecule has 1 aromatic heterocycles. The summed E-state index contributed by atoms with van der Waals surface area (Å²) in [5, 5.41) is 2.84. The van der Waals surface area contributed by atoms with Gasteiger partial charge < -0.3 is 10.2 Å². The predicted molar refractivity (Wildman–Crippen MR) is 71.4 cm³/mol. The molecule has 3 rings (SSSR count). The summed E-state index contributed by atoms with van der Waals surface area (Å²) in [5.74, 6) is 0.231. The Balaban J connectivity index is 1.79. The van der Waals surface area contributed by atoms with Crippen LogP contribution in [0, 0.1) is 12.8 Å². The first-order valence-electron chi connectivity index (χ1n) is 6.94. The quantitative estimate of drug-likeness (QED) is 0.866. The van der Waals surface area contributed by atoms with Crippen LogP contribution >= 0.6 is 0 Å².